The van der Waals surface area contributed by atoms with Gasteiger partial charge in [0.15, 0.2) is 17.3 Å². The molecule has 1 amide bonds. The summed E-state index contributed by atoms with van der Waals surface area (Å²) in [5.74, 6) is -0.988. The van der Waals surface area contributed by atoms with Gasteiger partial charge >= 0.3 is 6.09 Å². The number of nitrogens with zero attached hydrogens (tertiary/aromatic N) is 1. The fraction of sp³-hybridized carbons (Fsp3) is 0.364. The maximum Gasteiger partial charge on any atom is 0.407 e. The first-order chi connectivity index (χ1) is 13.8. The SMILES string of the molecule is CC(C)Cc1ccc(C(=O)c2ccc(C3COCCN3C(=O)O)c(O)c2O)cc1. The zero-order valence-electron chi connectivity index (χ0n) is 16.5. The van der Waals surface area contributed by atoms with E-state index >= 15 is 0 Å². The van der Waals surface area contributed by atoms with Crippen LogP contribution in [0.1, 0.15) is 46.9 Å². The van der Waals surface area contributed by atoms with Crippen LogP contribution in [0.4, 0.5) is 4.79 Å². The van der Waals surface area contributed by atoms with Gasteiger partial charge in [0.25, 0.3) is 0 Å². The molecule has 0 bridgehead atoms. The Labute approximate surface area is 169 Å². The van der Waals surface area contributed by atoms with Gasteiger partial charge in [0.05, 0.1) is 24.8 Å². The third-order valence-electron chi connectivity index (χ3n) is 5.02. The first kappa shape index (κ1) is 20.7. The van der Waals surface area contributed by atoms with E-state index in [1.165, 1.54) is 12.1 Å². The van der Waals surface area contributed by atoms with E-state index in [9.17, 15) is 24.9 Å². The molecule has 2 aromatic rings. The van der Waals surface area contributed by atoms with Crippen LogP contribution in [0.3, 0.4) is 0 Å². The van der Waals surface area contributed by atoms with Crippen LogP contribution < -0.4 is 0 Å². The number of benzene rings is 2. The average molecular weight is 399 g/mol. The van der Waals surface area contributed by atoms with Gasteiger partial charge in [-0.05, 0) is 24.0 Å². The van der Waals surface area contributed by atoms with Gasteiger partial charge in [-0.25, -0.2) is 4.79 Å². The molecule has 0 saturated carbocycles. The molecule has 1 heterocycles. The monoisotopic (exact) mass is 399 g/mol. The predicted octanol–water partition coefficient (Wildman–Crippen LogP) is 3.58. The lowest BCUT2D eigenvalue weighted by atomic mass is 9.95. The number of phenols is 2. The van der Waals surface area contributed by atoms with Gasteiger partial charge in [-0.2, -0.15) is 0 Å². The highest BCUT2D eigenvalue weighted by Gasteiger charge is 2.32. The molecule has 29 heavy (non-hydrogen) atoms. The Bertz CT molecular complexity index is 906. The zero-order chi connectivity index (χ0) is 21.1. The fourth-order valence-corrected chi connectivity index (χ4v) is 3.56. The number of rotatable bonds is 5. The van der Waals surface area contributed by atoms with E-state index in [4.69, 9.17) is 4.74 Å². The van der Waals surface area contributed by atoms with Crippen LogP contribution in [0.15, 0.2) is 36.4 Å². The smallest absolute Gasteiger partial charge is 0.407 e. The molecule has 3 N–H and O–H groups in total. The molecule has 7 heteroatoms. The highest BCUT2D eigenvalue weighted by Crippen LogP contribution is 2.39. The molecule has 1 saturated heterocycles. The summed E-state index contributed by atoms with van der Waals surface area (Å²) in [6.45, 7) is 4.71. The van der Waals surface area contributed by atoms with Crippen molar-refractivity contribution >= 4 is 11.9 Å². The van der Waals surface area contributed by atoms with Crippen LogP contribution in [-0.2, 0) is 11.2 Å². The normalized spacial score (nSPS) is 16.8. The molecule has 0 radical (unpaired) electrons. The number of aromatic hydroxyl groups is 2. The van der Waals surface area contributed by atoms with Crippen molar-refractivity contribution in [3.05, 3.63) is 58.7 Å². The minimum atomic E-state index is -1.14. The van der Waals surface area contributed by atoms with Crippen LogP contribution in [0.25, 0.3) is 0 Å². The number of phenolic OH excluding ortho intramolecular Hbond substituents is 2. The van der Waals surface area contributed by atoms with E-state index < -0.39 is 29.4 Å². The molecule has 1 atom stereocenters. The predicted molar refractivity (Wildman–Crippen MR) is 106 cm³/mol. The zero-order valence-corrected chi connectivity index (χ0v) is 16.5. The summed E-state index contributed by atoms with van der Waals surface area (Å²) in [6.07, 6.45) is -0.238. The molecular formula is C22H25NO6. The van der Waals surface area contributed by atoms with Gasteiger partial charge in [-0.3, -0.25) is 9.69 Å². The van der Waals surface area contributed by atoms with Gasteiger partial charge in [-0.15, -0.1) is 0 Å². The summed E-state index contributed by atoms with van der Waals surface area (Å²) in [5, 5.41) is 30.3. The highest BCUT2D eigenvalue weighted by molar-refractivity contribution is 6.11. The minimum absolute atomic E-state index is 0.0403. The molecule has 2 aromatic carbocycles. The molecule has 154 valence electrons. The number of ketones is 1. The second kappa shape index (κ2) is 8.53. The molecule has 3 rings (SSSR count). The molecule has 1 aliphatic rings. The van der Waals surface area contributed by atoms with Crippen LogP contribution >= 0.6 is 0 Å². The summed E-state index contributed by atoms with van der Waals surface area (Å²) in [6, 6.07) is 9.27. The Kier molecular flexibility index (Phi) is 6.08. The lowest BCUT2D eigenvalue weighted by Gasteiger charge is -2.34. The molecular weight excluding hydrogens is 374 g/mol. The average Bonchev–Trinajstić information content (AvgIpc) is 2.69. The molecule has 7 nitrogen and oxygen atoms in total. The molecule has 0 spiro atoms. The molecule has 0 aromatic heterocycles. The van der Waals surface area contributed by atoms with E-state index in [2.05, 4.69) is 13.8 Å². The van der Waals surface area contributed by atoms with Crippen LogP contribution in [-0.4, -0.2) is 51.9 Å². The van der Waals surface area contributed by atoms with Gasteiger partial charge < -0.3 is 20.1 Å². The number of hydrogen-bond donors (Lipinski definition) is 3. The molecule has 1 aliphatic heterocycles. The van der Waals surface area contributed by atoms with Crippen LogP contribution in [0.2, 0.25) is 0 Å². The van der Waals surface area contributed by atoms with Crippen molar-refractivity contribution in [3.8, 4) is 11.5 Å². The second-order valence-electron chi connectivity index (χ2n) is 7.59. The van der Waals surface area contributed by atoms with Gasteiger partial charge in [0.2, 0.25) is 0 Å². The van der Waals surface area contributed by atoms with Gasteiger partial charge in [0.1, 0.15) is 0 Å². The topological polar surface area (TPSA) is 107 Å². The number of amides is 1. The maximum absolute atomic E-state index is 12.8. The van der Waals surface area contributed by atoms with E-state index in [1.807, 2.05) is 12.1 Å². The summed E-state index contributed by atoms with van der Waals surface area (Å²) < 4.78 is 5.33. The maximum atomic E-state index is 12.8. The Hall–Kier alpha value is -3.06. The summed E-state index contributed by atoms with van der Waals surface area (Å²) in [4.78, 5) is 25.4. The standard InChI is InChI=1S/C22H25NO6/c1-13(2)11-14-3-5-15(6-4-14)19(24)17-8-7-16(20(25)21(17)26)18-12-29-10-9-23(18)22(27)28/h3-8,13,18,25-26H,9-12H2,1-2H3,(H,27,28). The van der Waals surface area contributed by atoms with Crippen molar-refractivity contribution in [1.82, 2.24) is 4.90 Å². The van der Waals surface area contributed by atoms with Gasteiger partial charge in [-0.1, -0.05) is 44.2 Å². The quantitative estimate of drug-likeness (QED) is 0.524. The number of hydrogen-bond acceptors (Lipinski definition) is 5. The van der Waals surface area contributed by atoms with E-state index in [-0.39, 0.29) is 30.9 Å². The van der Waals surface area contributed by atoms with E-state index in [1.54, 1.807) is 12.1 Å². The molecule has 0 aliphatic carbocycles. The summed E-state index contributed by atoms with van der Waals surface area (Å²) in [7, 11) is 0. The number of ether oxygens (including phenoxy) is 1. The summed E-state index contributed by atoms with van der Waals surface area (Å²) in [5.41, 5.74) is 1.67. The second-order valence-corrected chi connectivity index (χ2v) is 7.59. The van der Waals surface area contributed by atoms with Crippen molar-refractivity contribution in [2.75, 3.05) is 19.8 Å². The third kappa shape index (κ3) is 4.35. The van der Waals surface area contributed by atoms with Crippen molar-refractivity contribution in [1.29, 1.82) is 0 Å². The largest absolute Gasteiger partial charge is 0.504 e. The summed E-state index contributed by atoms with van der Waals surface area (Å²) >= 11 is 0. The Morgan fingerprint density at radius 2 is 1.79 bits per heavy atom. The van der Waals surface area contributed by atoms with Crippen LogP contribution in [0, 0.1) is 5.92 Å². The fourth-order valence-electron chi connectivity index (χ4n) is 3.56. The number of morpholine rings is 1. The lowest BCUT2D eigenvalue weighted by Crippen LogP contribution is -2.42. The Morgan fingerprint density at radius 1 is 1.10 bits per heavy atom. The first-order valence-electron chi connectivity index (χ1n) is 9.55. The van der Waals surface area contributed by atoms with Crippen molar-refractivity contribution in [2.24, 2.45) is 5.92 Å². The number of carbonyl (C=O) groups is 2. The van der Waals surface area contributed by atoms with Crippen molar-refractivity contribution in [3.63, 3.8) is 0 Å². The third-order valence-corrected chi connectivity index (χ3v) is 5.02. The highest BCUT2D eigenvalue weighted by atomic mass is 16.5. The van der Waals surface area contributed by atoms with Crippen molar-refractivity contribution in [2.45, 2.75) is 26.3 Å². The van der Waals surface area contributed by atoms with E-state index in [0.717, 1.165) is 16.9 Å². The van der Waals surface area contributed by atoms with E-state index in [0.29, 0.717) is 11.5 Å². The number of carbonyl (C=O) groups excluding carboxylic acids is 1. The van der Waals surface area contributed by atoms with Crippen LogP contribution in [0.5, 0.6) is 11.5 Å². The van der Waals surface area contributed by atoms with Crippen molar-refractivity contribution < 1.29 is 29.6 Å². The Morgan fingerprint density at radius 3 is 2.41 bits per heavy atom. The number of carboxylic acid groups (broad SMARTS) is 1. The lowest BCUT2D eigenvalue weighted by molar-refractivity contribution is -0.00166. The Balaban J connectivity index is 1.89. The minimum Gasteiger partial charge on any atom is -0.504 e. The first-order valence-corrected chi connectivity index (χ1v) is 9.55. The van der Waals surface area contributed by atoms with Gasteiger partial charge in [0, 0.05) is 17.7 Å². The molecule has 1 fully saturated rings. The molecule has 1 unspecified atom stereocenters.